The van der Waals surface area contributed by atoms with Crippen molar-refractivity contribution in [3.8, 4) is 0 Å². The largest absolute Gasteiger partial charge is 0.477 e. The first-order valence-corrected chi connectivity index (χ1v) is 8.11. The van der Waals surface area contributed by atoms with Gasteiger partial charge in [0.2, 0.25) is 0 Å². The van der Waals surface area contributed by atoms with Crippen molar-refractivity contribution >= 4 is 22.8 Å². The Morgan fingerprint density at radius 1 is 1.42 bits per heavy atom. The molecule has 2 N–H and O–H groups in total. The molecule has 2 aromatic rings. The molecule has 0 amide bonds. The third-order valence-electron chi connectivity index (χ3n) is 4.45. The number of H-pyrrole nitrogens is 1. The molecule has 3 rings (SSSR count). The molecule has 1 fully saturated rings. The van der Waals surface area contributed by atoms with Gasteiger partial charge in [0.15, 0.2) is 0 Å². The number of nitrogens with one attached hydrogen (secondary N) is 1. The zero-order valence-corrected chi connectivity index (χ0v) is 14.0. The van der Waals surface area contributed by atoms with Crippen molar-refractivity contribution in [1.82, 2.24) is 9.88 Å². The third-order valence-corrected chi connectivity index (χ3v) is 4.45. The van der Waals surface area contributed by atoms with Gasteiger partial charge < -0.3 is 19.7 Å². The highest BCUT2D eigenvalue weighted by Crippen LogP contribution is 2.27. The van der Waals surface area contributed by atoms with E-state index in [9.17, 15) is 14.7 Å². The molecule has 1 aromatic carbocycles. The summed E-state index contributed by atoms with van der Waals surface area (Å²) in [7, 11) is 3.94. The minimum atomic E-state index is -0.934. The first kappa shape index (κ1) is 16.5. The van der Waals surface area contributed by atoms with Crippen LogP contribution in [0.2, 0.25) is 0 Å². The van der Waals surface area contributed by atoms with E-state index >= 15 is 0 Å². The Labute approximate surface area is 140 Å². The number of cyclic esters (lactones) is 1. The van der Waals surface area contributed by atoms with Crippen molar-refractivity contribution in [2.24, 2.45) is 5.92 Å². The number of benzene rings is 1. The van der Waals surface area contributed by atoms with Crippen molar-refractivity contribution in [1.29, 1.82) is 0 Å². The number of ether oxygens (including phenoxy) is 1. The summed E-state index contributed by atoms with van der Waals surface area (Å²) in [4.78, 5) is 27.8. The van der Waals surface area contributed by atoms with Crippen molar-refractivity contribution < 1.29 is 19.4 Å². The maximum Gasteiger partial charge on any atom is 0.352 e. The predicted octanol–water partition coefficient (Wildman–Crippen LogP) is 2.08. The van der Waals surface area contributed by atoms with E-state index in [4.69, 9.17) is 4.74 Å². The quantitative estimate of drug-likeness (QED) is 0.793. The van der Waals surface area contributed by atoms with E-state index in [0.29, 0.717) is 19.4 Å². The lowest BCUT2D eigenvalue weighted by Gasteiger charge is -2.10. The smallest absolute Gasteiger partial charge is 0.352 e. The molecule has 1 aromatic heterocycles. The maximum atomic E-state index is 11.5. The Morgan fingerprint density at radius 2 is 2.21 bits per heavy atom. The molecule has 0 aliphatic carbocycles. The summed E-state index contributed by atoms with van der Waals surface area (Å²) in [6.07, 6.45) is 1.89. The normalized spacial score (nSPS) is 17.6. The minimum absolute atomic E-state index is 0.137. The van der Waals surface area contributed by atoms with Crippen LogP contribution in [-0.4, -0.2) is 54.2 Å². The van der Waals surface area contributed by atoms with Gasteiger partial charge in [-0.25, -0.2) is 4.79 Å². The zero-order valence-electron chi connectivity index (χ0n) is 14.0. The highest BCUT2D eigenvalue weighted by molar-refractivity contribution is 5.97. The molecule has 2 heterocycles. The first-order valence-electron chi connectivity index (χ1n) is 8.11. The summed E-state index contributed by atoms with van der Waals surface area (Å²) in [6, 6.07) is 5.96. The van der Waals surface area contributed by atoms with Gasteiger partial charge in [-0.2, -0.15) is 0 Å². The number of aromatic amines is 1. The fourth-order valence-corrected chi connectivity index (χ4v) is 3.23. The molecule has 0 unspecified atom stereocenters. The van der Waals surface area contributed by atoms with Gasteiger partial charge >= 0.3 is 11.9 Å². The van der Waals surface area contributed by atoms with Gasteiger partial charge in [0.05, 0.1) is 13.0 Å². The van der Waals surface area contributed by atoms with Crippen molar-refractivity contribution in [3.63, 3.8) is 0 Å². The number of aromatic nitrogens is 1. The molecule has 1 atom stereocenters. The lowest BCUT2D eigenvalue weighted by Crippen LogP contribution is -2.16. The highest BCUT2D eigenvalue weighted by Gasteiger charge is 2.24. The lowest BCUT2D eigenvalue weighted by molar-refractivity contribution is -0.137. The van der Waals surface area contributed by atoms with Gasteiger partial charge in [-0.3, -0.25) is 4.79 Å². The molecule has 128 valence electrons. The number of hydrogen-bond acceptors (Lipinski definition) is 4. The average Bonchev–Trinajstić information content (AvgIpc) is 3.08. The van der Waals surface area contributed by atoms with E-state index < -0.39 is 5.97 Å². The van der Waals surface area contributed by atoms with Crippen LogP contribution in [0, 0.1) is 5.92 Å². The van der Waals surface area contributed by atoms with E-state index in [2.05, 4.69) is 4.98 Å². The molecule has 1 aliphatic heterocycles. The molecule has 6 heteroatoms. The van der Waals surface area contributed by atoms with E-state index in [0.717, 1.165) is 35.0 Å². The van der Waals surface area contributed by atoms with Crippen LogP contribution in [0.3, 0.4) is 0 Å². The molecule has 24 heavy (non-hydrogen) atoms. The second-order valence-corrected chi connectivity index (χ2v) is 6.67. The second kappa shape index (κ2) is 6.65. The van der Waals surface area contributed by atoms with Crippen LogP contribution in [-0.2, 0) is 22.4 Å². The van der Waals surface area contributed by atoms with Crippen LogP contribution in [0.25, 0.3) is 10.9 Å². The molecule has 0 radical (unpaired) electrons. The van der Waals surface area contributed by atoms with Crippen molar-refractivity contribution in [2.75, 3.05) is 27.2 Å². The monoisotopic (exact) mass is 330 g/mol. The minimum Gasteiger partial charge on any atom is -0.477 e. The number of carbonyl (C=O) groups excluding carboxylic acids is 1. The summed E-state index contributed by atoms with van der Waals surface area (Å²) in [5.74, 6) is -0.864. The van der Waals surface area contributed by atoms with Gasteiger partial charge in [-0.05, 0) is 50.2 Å². The van der Waals surface area contributed by atoms with Crippen LogP contribution in [0.4, 0.5) is 0 Å². The Morgan fingerprint density at radius 3 is 2.83 bits per heavy atom. The van der Waals surface area contributed by atoms with Crippen LogP contribution >= 0.6 is 0 Å². The summed E-state index contributed by atoms with van der Waals surface area (Å²) in [5.41, 5.74) is 3.05. The fraction of sp³-hybridized carbons (Fsp3) is 0.444. The summed E-state index contributed by atoms with van der Waals surface area (Å²) < 4.78 is 5.02. The van der Waals surface area contributed by atoms with Crippen LogP contribution in [0.1, 0.15) is 28.0 Å². The number of carboxylic acids is 1. The van der Waals surface area contributed by atoms with Gasteiger partial charge in [0.1, 0.15) is 5.69 Å². The number of carbonyl (C=O) groups is 2. The topological polar surface area (TPSA) is 82.6 Å². The van der Waals surface area contributed by atoms with E-state index in [-0.39, 0.29) is 17.6 Å². The molecular weight excluding hydrogens is 308 g/mol. The fourth-order valence-electron chi connectivity index (χ4n) is 3.23. The lowest BCUT2D eigenvalue weighted by atomic mass is 9.96. The van der Waals surface area contributed by atoms with E-state index in [1.165, 1.54) is 0 Å². The summed E-state index contributed by atoms with van der Waals surface area (Å²) in [5, 5.41) is 10.4. The third kappa shape index (κ3) is 3.43. The van der Waals surface area contributed by atoms with Crippen LogP contribution < -0.4 is 0 Å². The number of rotatable bonds is 6. The summed E-state index contributed by atoms with van der Waals surface area (Å²) in [6.45, 7) is 1.25. The van der Waals surface area contributed by atoms with E-state index in [1.807, 2.05) is 37.2 Å². The van der Waals surface area contributed by atoms with Crippen LogP contribution in [0.15, 0.2) is 18.2 Å². The van der Waals surface area contributed by atoms with Crippen LogP contribution in [0.5, 0.6) is 0 Å². The number of aromatic carboxylic acids is 1. The van der Waals surface area contributed by atoms with Crippen molar-refractivity contribution in [2.45, 2.75) is 19.3 Å². The van der Waals surface area contributed by atoms with E-state index in [1.54, 1.807) is 0 Å². The maximum absolute atomic E-state index is 11.5. The first-order chi connectivity index (χ1) is 11.4. The molecular formula is C18H22N2O4. The standard InChI is InChI=1S/C18H22N2O4/c1-20(2)6-5-13-14-8-11(7-12-9-16(21)24-10-12)3-4-15(14)19-17(13)18(22)23/h3-4,8,12,19H,5-7,9-10H2,1-2H3,(H,22,23)/t12-/m1/s1. The molecule has 1 saturated heterocycles. The molecule has 0 bridgehead atoms. The number of likely N-dealkylation sites (N-methyl/N-ethyl adjacent to an activating group) is 1. The number of esters is 1. The zero-order chi connectivity index (χ0) is 17.3. The summed E-state index contributed by atoms with van der Waals surface area (Å²) >= 11 is 0. The van der Waals surface area contributed by atoms with Gasteiger partial charge in [-0.15, -0.1) is 0 Å². The molecule has 0 spiro atoms. The molecule has 6 nitrogen and oxygen atoms in total. The Balaban J connectivity index is 1.92. The number of fused-ring (bicyclic) bond motifs is 1. The molecule has 1 aliphatic rings. The number of nitrogens with zero attached hydrogens (tertiary/aromatic N) is 1. The average molecular weight is 330 g/mol. The highest BCUT2D eigenvalue weighted by atomic mass is 16.5. The number of hydrogen-bond donors (Lipinski definition) is 2. The van der Waals surface area contributed by atoms with Gasteiger partial charge in [0.25, 0.3) is 0 Å². The molecule has 0 saturated carbocycles. The predicted molar refractivity (Wildman–Crippen MR) is 90.3 cm³/mol. The Bertz CT molecular complexity index is 779. The Kier molecular flexibility index (Phi) is 4.57. The number of carboxylic acid groups (broad SMARTS) is 1. The van der Waals surface area contributed by atoms with Crippen molar-refractivity contribution in [3.05, 3.63) is 35.0 Å². The SMILES string of the molecule is CN(C)CCc1c(C(=O)O)[nH]c2ccc(C[C@H]3COC(=O)C3)cc12. The second-order valence-electron chi connectivity index (χ2n) is 6.67. The van der Waals surface area contributed by atoms with Gasteiger partial charge in [-0.1, -0.05) is 6.07 Å². The Hall–Kier alpha value is -2.34. The van der Waals surface area contributed by atoms with Gasteiger partial charge in [0, 0.05) is 23.4 Å².